The molecule has 58 heavy (non-hydrogen) atoms. The highest BCUT2D eigenvalue weighted by Crippen LogP contribution is 2.51. The predicted molar refractivity (Wildman–Crippen MR) is 235 cm³/mol. The number of benzene rings is 5. The molecule has 0 saturated heterocycles. The number of pyridine rings is 2. The van der Waals surface area contributed by atoms with Crippen molar-refractivity contribution in [3.63, 3.8) is 0 Å². The van der Waals surface area contributed by atoms with Crippen molar-refractivity contribution < 1.29 is 9.47 Å². The Morgan fingerprint density at radius 1 is 0.638 bits per heavy atom. The number of nitrogens with zero attached hydrogens (tertiary/aromatic N) is 4. The summed E-state index contributed by atoms with van der Waals surface area (Å²) in [6.45, 7) is 15.4. The van der Waals surface area contributed by atoms with E-state index in [0.29, 0.717) is 11.6 Å². The first-order chi connectivity index (χ1) is 27.9. The largest absolute Gasteiger partial charge is 0.469 e. The van der Waals surface area contributed by atoms with Gasteiger partial charge in [0.1, 0.15) is 28.5 Å². The Labute approximate surface area is 339 Å². The fourth-order valence-corrected chi connectivity index (χ4v) is 9.41. The zero-order valence-corrected chi connectivity index (χ0v) is 34.0. The minimum Gasteiger partial charge on any atom is -0.469 e. The molecule has 0 saturated carbocycles. The van der Waals surface area contributed by atoms with Crippen LogP contribution in [0.1, 0.15) is 79.5 Å². The van der Waals surface area contributed by atoms with E-state index in [-0.39, 0.29) is 11.3 Å². The van der Waals surface area contributed by atoms with Crippen LogP contribution in [0.15, 0.2) is 151 Å². The van der Waals surface area contributed by atoms with Gasteiger partial charge in [-0.1, -0.05) is 98.3 Å². The highest BCUT2D eigenvalue weighted by molar-refractivity contribution is 6.12. The Hall–Kier alpha value is -6.53. The third-order valence-corrected chi connectivity index (χ3v) is 12.7. The van der Waals surface area contributed by atoms with Crippen molar-refractivity contribution in [2.75, 3.05) is 0 Å². The molecule has 1 atom stereocenters. The van der Waals surface area contributed by atoms with Gasteiger partial charge in [0.2, 0.25) is 5.90 Å². The molecule has 10 rings (SSSR count). The van der Waals surface area contributed by atoms with Crippen LogP contribution >= 0.6 is 0 Å². The van der Waals surface area contributed by atoms with Gasteiger partial charge in [0.25, 0.3) is 0 Å². The summed E-state index contributed by atoms with van der Waals surface area (Å²) in [5, 5.41) is 2.42. The van der Waals surface area contributed by atoms with Crippen LogP contribution in [0.5, 0.6) is 11.5 Å². The van der Waals surface area contributed by atoms with Crippen molar-refractivity contribution >= 4 is 27.7 Å². The second kappa shape index (κ2) is 13.0. The van der Waals surface area contributed by atoms with E-state index in [9.17, 15) is 0 Å². The number of ether oxygens (including phenoxy) is 2. The average molecular weight is 759 g/mol. The highest BCUT2D eigenvalue weighted by atomic mass is 16.5. The second-order valence-electron chi connectivity index (χ2n) is 17.2. The summed E-state index contributed by atoms with van der Waals surface area (Å²) >= 11 is 0. The Balaban J connectivity index is 1.13. The maximum Gasteiger partial charge on any atom is 0.217 e. The minimum absolute atomic E-state index is 0.0560. The fourth-order valence-electron chi connectivity index (χ4n) is 9.41. The fraction of sp³-hybridized carbons (Fsp3) is 0.212. The summed E-state index contributed by atoms with van der Waals surface area (Å²) in [5.74, 6) is 2.93. The van der Waals surface area contributed by atoms with Crippen LogP contribution < -0.4 is 4.74 Å². The molecule has 286 valence electrons. The SMILES string of the molecule is Cc1cc2c3c(c1)c1cc(C)c(Oc4cc(C5=N[C@](C)(C(c6ccccc6)c6ccccc6)C(C)(C)O5)cc(-c5ccccn5)c4)cc1n3-c1ncccc1C2(C)C. The van der Waals surface area contributed by atoms with Crippen LogP contribution in [0.3, 0.4) is 0 Å². The number of aryl methyl sites for hydroxylation is 2. The summed E-state index contributed by atoms with van der Waals surface area (Å²) in [7, 11) is 0. The molecule has 0 unspecified atom stereocenters. The molecule has 8 aromatic rings. The van der Waals surface area contributed by atoms with Gasteiger partial charge in [0, 0.05) is 57.3 Å². The molecule has 0 bridgehead atoms. The van der Waals surface area contributed by atoms with E-state index in [1.165, 1.54) is 44.1 Å². The van der Waals surface area contributed by atoms with Crippen LogP contribution in [-0.4, -0.2) is 31.6 Å². The van der Waals surface area contributed by atoms with Crippen LogP contribution in [0.25, 0.3) is 38.9 Å². The summed E-state index contributed by atoms with van der Waals surface area (Å²) in [6.07, 6.45) is 3.71. The summed E-state index contributed by atoms with van der Waals surface area (Å²) < 4.78 is 16.3. The highest BCUT2D eigenvalue weighted by Gasteiger charge is 2.55. The van der Waals surface area contributed by atoms with E-state index in [1.54, 1.807) is 0 Å². The molecule has 6 heteroatoms. The van der Waals surface area contributed by atoms with Gasteiger partial charge in [0.15, 0.2) is 0 Å². The molecule has 0 fully saturated rings. The van der Waals surface area contributed by atoms with Crippen molar-refractivity contribution in [3.8, 4) is 28.6 Å². The first-order valence-corrected chi connectivity index (χ1v) is 20.1. The molecular formula is C52H46N4O2. The quantitative estimate of drug-likeness (QED) is 0.162. The van der Waals surface area contributed by atoms with Gasteiger partial charge < -0.3 is 9.47 Å². The third-order valence-electron chi connectivity index (χ3n) is 12.7. The molecule has 0 spiro atoms. The Morgan fingerprint density at radius 2 is 1.33 bits per heavy atom. The summed E-state index contributed by atoms with van der Waals surface area (Å²) in [6, 6.07) is 46.8. The average Bonchev–Trinajstić information content (AvgIpc) is 3.66. The standard InChI is InChI=1S/C52H46N4O2/c1-32-25-40-39-27-33(2)45(31-44(39)56-47(40)42(26-32)50(3,4)41-21-16-24-54-48(41)56)57-38-29-36(43-22-14-15-23-53-43)28-37(30-38)49-55-52(7,51(5,6)58-49)46(34-17-10-8-11-18-34)35-19-12-9-13-20-35/h8-31,46H,1-7H3/t52-/m1/s1. The molecule has 6 nitrogen and oxygen atoms in total. The maximum atomic E-state index is 6.99. The van der Waals surface area contributed by atoms with Gasteiger partial charge in [-0.3, -0.25) is 9.55 Å². The van der Waals surface area contributed by atoms with Gasteiger partial charge in [-0.05, 0) is 105 Å². The van der Waals surface area contributed by atoms with Crippen LogP contribution in [0, 0.1) is 13.8 Å². The lowest BCUT2D eigenvalue weighted by Gasteiger charge is -2.41. The Morgan fingerprint density at radius 3 is 2.03 bits per heavy atom. The van der Waals surface area contributed by atoms with Crippen molar-refractivity contribution in [2.45, 2.75) is 70.9 Å². The van der Waals surface area contributed by atoms with E-state index in [1.807, 2.05) is 36.7 Å². The monoisotopic (exact) mass is 758 g/mol. The molecule has 5 heterocycles. The Bertz CT molecular complexity index is 2890. The molecule has 0 N–H and O–H groups in total. The number of fused-ring (bicyclic) bond motifs is 5. The molecule has 3 aromatic heterocycles. The molecule has 2 aliphatic heterocycles. The van der Waals surface area contributed by atoms with Crippen LogP contribution in [0.2, 0.25) is 0 Å². The molecular weight excluding hydrogens is 713 g/mol. The Kier molecular flexibility index (Phi) is 8.04. The second-order valence-corrected chi connectivity index (χ2v) is 17.2. The van der Waals surface area contributed by atoms with Crippen molar-refractivity contribution in [3.05, 3.63) is 185 Å². The number of hydrogen-bond acceptors (Lipinski definition) is 5. The molecule has 2 aliphatic rings. The zero-order valence-electron chi connectivity index (χ0n) is 34.0. The number of aromatic nitrogens is 3. The van der Waals surface area contributed by atoms with Gasteiger partial charge >= 0.3 is 0 Å². The van der Waals surface area contributed by atoms with Crippen molar-refractivity contribution in [1.82, 2.24) is 14.5 Å². The molecule has 5 aromatic carbocycles. The maximum absolute atomic E-state index is 6.99. The number of rotatable bonds is 7. The number of aliphatic imine (C=N–C) groups is 1. The van der Waals surface area contributed by atoms with Gasteiger partial charge in [-0.2, -0.15) is 0 Å². The van der Waals surface area contributed by atoms with Gasteiger partial charge in [0.05, 0.1) is 16.7 Å². The van der Waals surface area contributed by atoms with Gasteiger partial charge in [-0.25, -0.2) is 9.98 Å². The summed E-state index contributed by atoms with van der Waals surface area (Å²) in [5.41, 5.74) is 10.5. The topological polar surface area (TPSA) is 61.5 Å². The minimum atomic E-state index is -0.656. The first-order valence-electron chi connectivity index (χ1n) is 20.1. The van der Waals surface area contributed by atoms with E-state index in [0.717, 1.165) is 39.5 Å². The lowest BCUT2D eigenvalue weighted by molar-refractivity contribution is 0.0453. The zero-order chi connectivity index (χ0) is 40.0. The smallest absolute Gasteiger partial charge is 0.217 e. The third kappa shape index (κ3) is 5.49. The van der Waals surface area contributed by atoms with E-state index in [2.05, 4.69) is 162 Å². The predicted octanol–water partition coefficient (Wildman–Crippen LogP) is 12.4. The lowest BCUT2D eigenvalue weighted by Crippen LogP contribution is -2.49. The van der Waals surface area contributed by atoms with Crippen molar-refractivity contribution in [1.29, 1.82) is 0 Å². The van der Waals surface area contributed by atoms with Crippen LogP contribution in [-0.2, 0) is 10.2 Å². The molecule has 0 radical (unpaired) electrons. The van der Waals surface area contributed by atoms with E-state index in [4.69, 9.17) is 24.4 Å². The van der Waals surface area contributed by atoms with E-state index >= 15 is 0 Å². The van der Waals surface area contributed by atoms with Crippen LogP contribution in [0.4, 0.5) is 0 Å². The number of hydrogen-bond donors (Lipinski definition) is 0. The summed E-state index contributed by atoms with van der Waals surface area (Å²) in [4.78, 5) is 15.3. The van der Waals surface area contributed by atoms with Gasteiger partial charge in [-0.15, -0.1) is 0 Å². The first kappa shape index (κ1) is 35.9. The molecule has 0 aliphatic carbocycles. The molecule has 0 amide bonds. The lowest BCUT2D eigenvalue weighted by atomic mass is 9.69. The van der Waals surface area contributed by atoms with E-state index < -0.39 is 11.1 Å². The van der Waals surface area contributed by atoms with Crippen molar-refractivity contribution in [2.24, 2.45) is 4.99 Å². The normalized spacial score (nSPS) is 17.6.